The van der Waals surface area contributed by atoms with Gasteiger partial charge in [0.25, 0.3) is 0 Å². The van der Waals surface area contributed by atoms with Gasteiger partial charge in [-0.05, 0) is 60.9 Å². The molecule has 2 aliphatic rings. The summed E-state index contributed by atoms with van der Waals surface area (Å²) >= 11 is 0. The van der Waals surface area contributed by atoms with Crippen LogP contribution >= 0.6 is 0 Å². The van der Waals surface area contributed by atoms with Crippen LogP contribution in [0.1, 0.15) is 39.2 Å². The highest BCUT2D eigenvalue weighted by Gasteiger charge is 2.64. The van der Waals surface area contributed by atoms with Gasteiger partial charge in [-0.15, -0.1) is 0 Å². The molecule has 1 heterocycles. The smallest absolute Gasteiger partial charge is 0.0947 e. The molecule has 0 bridgehead atoms. The van der Waals surface area contributed by atoms with Crippen LogP contribution in [0.2, 0.25) is 0 Å². The maximum atomic E-state index is 6.50. The lowest BCUT2D eigenvalue weighted by atomic mass is 9.88. The predicted molar refractivity (Wildman–Crippen MR) is 102 cm³/mol. The Bertz CT molecular complexity index is 910. The monoisotopic (exact) mass is 332 g/mol. The van der Waals surface area contributed by atoms with Gasteiger partial charge in [-0.1, -0.05) is 48.5 Å². The molecule has 0 amide bonds. The van der Waals surface area contributed by atoms with Crippen LogP contribution in [0, 0.1) is 0 Å². The number of ether oxygens (including phenoxy) is 2. The Morgan fingerprint density at radius 3 is 1.60 bits per heavy atom. The third-order valence-corrected chi connectivity index (χ3v) is 6.35. The average molecular weight is 332 g/mol. The Labute approximate surface area is 148 Å². The fourth-order valence-corrected chi connectivity index (χ4v) is 4.24. The molecule has 2 heteroatoms. The van der Waals surface area contributed by atoms with Crippen LogP contribution in [0.15, 0.2) is 54.6 Å². The Kier molecular flexibility index (Phi) is 2.97. The van der Waals surface area contributed by atoms with E-state index in [-0.39, 0.29) is 23.4 Å². The van der Waals surface area contributed by atoms with Crippen molar-refractivity contribution in [3.8, 4) is 0 Å². The average Bonchev–Trinajstić information content (AvgIpc) is 3.22. The molecular weight excluding hydrogens is 308 g/mol. The minimum atomic E-state index is -0.288. The minimum absolute atomic E-state index is 0.150. The van der Waals surface area contributed by atoms with Gasteiger partial charge < -0.3 is 9.47 Å². The van der Waals surface area contributed by atoms with Crippen LogP contribution in [-0.2, 0) is 9.47 Å². The minimum Gasteiger partial charge on any atom is -0.366 e. The zero-order valence-corrected chi connectivity index (χ0v) is 15.2. The molecule has 2 unspecified atom stereocenters. The molecule has 0 N–H and O–H groups in total. The molecule has 1 aliphatic heterocycles. The first-order valence-electron chi connectivity index (χ1n) is 9.15. The topological polar surface area (TPSA) is 18.5 Å². The van der Waals surface area contributed by atoms with Crippen molar-refractivity contribution in [1.29, 1.82) is 0 Å². The standard InChI is InChI=1S/C23H24O2/c1-22(2)23(3,4)25-21-19(20(21)24-22)18-16-11-7-5-9-14(16)13-15-10-6-8-12-17(15)18/h5-13,19-21H,1-4H3. The summed E-state index contributed by atoms with van der Waals surface area (Å²) in [7, 11) is 0. The lowest BCUT2D eigenvalue weighted by Gasteiger charge is -2.44. The highest BCUT2D eigenvalue weighted by Crippen LogP contribution is 2.57. The van der Waals surface area contributed by atoms with E-state index in [0.29, 0.717) is 5.92 Å². The van der Waals surface area contributed by atoms with Crippen LogP contribution in [0.25, 0.3) is 21.5 Å². The Morgan fingerprint density at radius 1 is 0.680 bits per heavy atom. The molecule has 2 nitrogen and oxygen atoms in total. The second-order valence-electron chi connectivity index (χ2n) is 8.44. The highest BCUT2D eigenvalue weighted by atomic mass is 16.6. The first-order valence-corrected chi connectivity index (χ1v) is 9.15. The summed E-state index contributed by atoms with van der Waals surface area (Å²) in [4.78, 5) is 0. The van der Waals surface area contributed by atoms with Gasteiger partial charge in [0, 0.05) is 5.92 Å². The summed E-state index contributed by atoms with van der Waals surface area (Å²) in [6.07, 6.45) is 0.300. The van der Waals surface area contributed by atoms with Gasteiger partial charge >= 0.3 is 0 Å². The molecule has 25 heavy (non-hydrogen) atoms. The van der Waals surface area contributed by atoms with Crippen molar-refractivity contribution < 1.29 is 9.47 Å². The van der Waals surface area contributed by atoms with E-state index in [2.05, 4.69) is 82.3 Å². The fourth-order valence-electron chi connectivity index (χ4n) is 4.24. The van der Waals surface area contributed by atoms with E-state index in [1.165, 1.54) is 27.1 Å². The van der Waals surface area contributed by atoms with Crippen LogP contribution in [0.5, 0.6) is 0 Å². The van der Waals surface area contributed by atoms with E-state index in [9.17, 15) is 0 Å². The van der Waals surface area contributed by atoms with Gasteiger partial charge in [0.15, 0.2) is 0 Å². The van der Waals surface area contributed by atoms with Crippen molar-refractivity contribution in [3.05, 3.63) is 60.2 Å². The van der Waals surface area contributed by atoms with Gasteiger partial charge in [-0.3, -0.25) is 0 Å². The normalized spacial score (nSPS) is 29.5. The SMILES string of the molecule is CC1(C)OC2C(OC1(C)C)C2c1c2ccccc2cc2ccccc12. The van der Waals surface area contributed by atoms with Gasteiger partial charge in [-0.2, -0.15) is 0 Å². The van der Waals surface area contributed by atoms with Crippen LogP contribution in [0.3, 0.4) is 0 Å². The van der Waals surface area contributed by atoms with Gasteiger partial charge in [0.2, 0.25) is 0 Å². The largest absolute Gasteiger partial charge is 0.366 e. The van der Waals surface area contributed by atoms with Crippen LogP contribution in [0.4, 0.5) is 0 Å². The quantitative estimate of drug-likeness (QED) is 0.553. The Hall–Kier alpha value is -1.90. The second kappa shape index (κ2) is 4.84. The number of hydrogen-bond acceptors (Lipinski definition) is 2. The van der Waals surface area contributed by atoms with Gasteiger partial charge in [0.1, 0.15) is 0 Å². The number of benzene rings is 3. The lowest BCUT2D eigenvalue weighted by molar-refractivity contribution is -0.233. The molecule has 1 saturated heterocycles. The summed E-state index contributed by atoms with van der Waals surface area (Å²) in [5.74, 6) is 0.303. The molecule has 1 aliphatic carbocycles. The molecule has 2 fully saturated rings. The van der Waals surface area contributed by atoms with Crippen molar-refractivity contribution in [3.63, 3.8) is 0 Å². The van der Waals surface area contributed by atoms with Crippen molar-refractivity contribution in [1.82, 2.24) is 0 Å². The molecule has 0 aromatic heterocycles. The molecule has 0 radical (unpaired) electrons. The van der Waals surface area contributed by atoms with E-state index < -0.39 is 0 Å². The van der Waals surface area contributed by atoms with Crippen molar-refractivity contribution in [2.45, 2.75) is 57.0 Å². The van der Waals surface area contributed by atoms with Crippen LogP contribution < -0.4 is 0 Å². The maximum absolute atomic E-state index is 6.50. The van der Waals surface area contributed by atoms with Crippen molar-refractivity contribution in [2.75, 3.05) is 0 Å². The summed E-state index contributed by atoms with van der Waals surface area (Å²) in [6.45, 7) is 8.55. The highest BCUT2D eigenvalue weighted by molar-refractivity contribution is 6.03. The number of hydrogen-bond donors (Lipinski definition) is 0. The first kappa shape index (κ1) is 15.4. The lowest BCUT2D eigenvalue weighted by Crippen LogP contribution is -2.53. The third-order valence-electron chi connectivity index (χ3n) is 6.35. The third kappa shape index (κ3) is 2.11. The van der Waals surface area contributed by atoms with Gasteiger partial charge in [-0.25, -0.2) is 0 Å². The molecule has 0 spiro atoms. The number of rotatable bonds is 1. The van der Waals surface area contributed by atoms with Crippen molar-refractivity contribution >= 4 is 21.5 Å². The summed E-state index contributed by atoms with van der Waals surface area (Å²) < 4.78 is 13.0. The van der Waals surface area contributed by atoms with E-state index >= 15 is 0 Å². The molecule has 3 aromatic rings. The Balaban J connectivity index is 1.71. The molecule has 5 rings (SSSR count). The van der Waals surface area contributed by atoms with Crippen LogP contribution in [-0.4, -0.2) is 23.4 Å². The van der Waals surface area contributed by atoms with E-state index in [0.717, 1.165) is 0 Å². The molecular formula is C23H24O2. The molecule has 1 saturated carbocycles. The van der Waals surface area contributed by atoms with E-state index in [1.807, 2.05) is 0 Å². The Morgan fingerprint density at radius 2 is 1.12 bits per heavy atom. The number of fused-ring (bicyclic) bond motifs is 3. The molecule has 3 aromatic carbocycles. The summed E-state index contributed by atoms with van der Waals surface area (Å²) in [5.41, 5.74) is 0.810. The fraction of sp³-hybridized carbons (Fsp3) is 0.391. The van der Waals surface area contributed by atoms with E-state index in [4.69, 9.17) is 9.47 Å². The first-order chi connectivity index (χ1) is 11.9. The second-order valence-corrected chi connectivity index (χ2v) is 8.44. The summed E-state index contributed by atoms with van der Waals surface area (Å²) in [5, 5.41) is 5.23. The molecule has 128 valence electrons. The molecule has 2 atom stereocenters. The maximum Gasteiger partial charge on any atom is 0.0947 e. The zero-order valence-electron chi connectivity index (χ0n) is 15.2. The van der Waals surface area contributed by atoms with Crippen molar-refractivity contribution in [2.24, 2.45) is 0 Å². The summed E-state index contributed by atoms with van der Waals surface area (Å²) in [6, 6.07) is 19.6. The predicted octanol–water partition coefficient (Wildman–Crippen LogP) is 5.43. The van der Waals surface area contributed by atoms with Gasteiger partial charge in [0.05, 0.1) is 23.4 Å². The van der Waals surface area contributed by atoms with E-state index in [1.54, 1.807) is 0 Å². The zero-order chi connectivity index (χ0) is 17.4.